The fourth-order valence-electron chi connectivity index (χ4n) is 2.41. The number of methoxy groups -OCH3 is 1. The van der Waals surface area contributed by atoms with Crippen molar-refractivity contribution >= 4 is 5.91 Å². The molecule has 0 aliphatic carbocycles. The van der Waals surface area contributed by atoms with E-state index < -0.39 is 0 Å². The number of ether oxygens (including phenoxy) is 1. The fraction of sp³-hybridized carbons (Fsp3) is 0.533. The second-order valence-electron chi connectivity index (χ2n) is 5.01. The normalized spacial score (nSPS) is 19.1. The van der Waals surface area contributed by atoms with Crippen molar-refractivity contribution in [3.05, 3.63) is 35.4 Å². The van der Waals surface area contributed by atoms with Crippen LogP contribution in [0, 0.1) is 5.92 Å². The van der Waals surface area contributed by atoms with Crippen LogP contribution in [0.25, 0.3) is 0 Å². The second kappa shape index (κ2) is 7.26. The van der Waals surface area contributed by atoms with Gasteiger partial charge in [0.1, 0.15) is 0 Å². The van der Waals surface area contributed by atoms with Crippen molar-refractivity contribution in [3.63, 3.8) is 0 Å². The van der Waals surface area contributed by atoms with E-state index in [2.05, 4.69) is 16.7 Å². The molecule has 2 N–H and O–H groups in total. The van der Waals surface area contributed by atoms with Gasteiger partial charge < -0.3 is 15.4 Å². The smallest absolute Gasteiger partial charge is 0.224 e. The quantitative estimate of drug-likeness (QED) is 0.844. The number of carbonyl (C=O) groups excluding carboxylic acids is 1. The Morgan fingerprint density at radius 3 is 3.05 bits per heavy atom. The molecule has 2 rings (SSSR count). The molecule has 4 heteroatoms. The summed E-state index contributed by atoms with van der Waals surface area (Å²) in [6.45, 7) is 3.03. The molecular formula is C15H22N2O2. The lowest BCUT2D eigenvalue weighted by molar-refractivity contribution is -0.125. The molecule has 0 unspecified atom stereocenters. The highest BCUT2D eigenvalue weighted by atomic mass is 16.5. The van der Waals surface area contributed by atoms with Gasteiger partial charge in [-0.25, -0.2) is 0 Å². The number of nitrogens with one attached hydrogen (secondary N) is 2. The predicted octanol–water partition coefficient (Wildman–Crippen LogP) is 1.45. The number of amides is 1. The molecule has 1 fully saturated rings. The molecular weight excluding hydrogens is 240 g/mol. The number of hydrogen-bond donors (Lipinski definition) is 2. The van der Waals surface area contributed by atoms with Crippen LogP contribution in [0.15, 0.2) is 24.3 Å². The lowest BCUT2D eigenvalue weighted by Crippen LogP contribution is -2.40. The summed E-state index contributed by atoms with van der Waals surface area (Å²) in [6, 6.07) is 8.12. The van der Waals surface area contributed by atoms with Crippen LogP contribution < -0.4 is 10.6 Å². The van der Waals surface area contributed by atoms with Crippen LogP contribution in [-0.2, 0) is 22.7 Å². The minimum atomic E-state index is 0.121. The average molecular weight is 262 g/mol. The van der Waals surface area contributed by atoms with Crippen molar-refractivity contribution in [3.8, 4) is 0 Å². The molecule has 104 valence electrons. The van der Waals surface area contributed by atoms with E-state index in [1.54, 1.807) is 7.11 Å². The average Bonchev–Trinajstić information content (AvgIpc) is 2.46. The molecule has 0 radical (unpaired) electrons. The Kier molecular flexibility index (Phi) is 5.36. The van der Waals surface area contributed by atoms with Gasteiger partial charge in [0, 0.05) is 20.2 Å². The van der Waals surface area contributed by atoms with Crippen LogP contribution in [0.3, 0.4) is 0 Å². The summed E-state index contributed by atoms with van der Waals surface area (Å²) in [5.41, 5.74) is 2.25. The minimum Gasteiger partial charge on any atom is -0.380 e. The number of rotatable bonds is 5. The molecule has 1 aromatic rings. The standard InChI is InChI=1S/C15H22N2O2/c1-19-11-13-5-2-4-12(8-13)9-17-15(18)14-6-3-7-16-10-14/h2,4-5,8,14,16H,3,6-7,9-11H2,1H3,(H,17,18)/t14-/m1/s1. The van der Waals surface area contributed by atoms with Crippen LogP contribution in [0.4, 0.5) is 0 Å². The van der Waals surface area contributed by atoms with Gasteiger partial charge in [0.2, 0.25) is 5.91 Å². The van der Waals surface area contributed by atoms with Gasteiger partial charge >= 0.3 is 0 Å². The van der Waals surface area contributed by atoms with E-state index in [9.17, 15) is 4.79 Å². The molecule has 1 atom stereocenters. The van der Waals surface area contributed by atoms with Crippen molar-refractivity contribution in [2.24, 2.45) is 5.92 Å². The van der Waals surface area contributed by atoms with E-state index in [0.29, 0.717) is 13.2 Å². The topological polar surface area (TPSA) is 50.4 Å². The van der Waals surface area contributed by atoms with Crippen LogP contribution in [0.1, 0.15) is 24.0 Å². The molecule has 19 heavy (non-hydrogen) atoms. The van der Waals surface area contributed by atoms with E-state index in [-0.39, 0.29) is 11.8 Å². The lowest BCUT2D eigenvalue weighted by Gasteiger charge is -2.21. The van der Waals surface area contributed by atoms with Gasteiger partial charge in [-0.1, -0.05) is 24.3 Å². The van der Waals surface area contributed by atoms with Gasteiger partial charge in [-0.2, -0.15) is 0 Å². The van der Waals surface area contributed by atoms with E-state index in [1.807, 2.05) is 18.2 Å². The zero-order valence-corrected chi connectivity index (χ0v) is 11.4. The first-order chi connectivity index (χ1) is 9.29. The summed E-state index contributed by atoms with van der Waals surface area (Å²) in [7, 11) is 1.69. The van der Waals surface area contributed by atoms with Gasteiger partial charge in [-0.15, -0.1) is 0 Å². The highest BCUT2D eigenvalue weighted by Crippen LogP contribution is 2.11. The number of hydrogen-bond acceptors (Lipinski definition) is 3. The second-order valence-corrected chi connectivity index (χ2v) is 5.01. The SMILES string of the molecule is COCc1cccc(CNC(=O)[C@@H]2CCCNC2)c1. The molecule has 1 aliphatic rings. The van der Waals surface area contributed by atoms with Crippen LogP contribution >= 0.6 is 0 Å². The van der Waals surface area contributed by atoms with E-state index in [4.69, 9.17) is 4.74 Å². The first-order valence-corrected chi connectivity index (χ1v) is 6.85. The highest BCUT2D eigenvalue weighted by Gasteiger charge is 2.20. The van der Waals surface area contributed by atoms with Crippen molar-refractivity contribution in [2.75, 3.05) is 20.2 Å². The zero-order valence-electron chi connectivity index (χ0n) is 11.4. The Balaban J connectivity index is 1.83. The van der Waals surface area contributed by atoms with E-state index >= 15 is 0 Å². The summed E-state index contributed by atoms with van der Waals surface area (Å²) in [6.07, 6.45) is 2.07. The van der Waals surface area contributed by atoms with Crippen LogP contribution in [0.5, 0.6) is 0 Å². The van der Waals surface area contributed by atoms with Crippen molar-refractivity contribution in [2.45, 2.75) is 26.0 Å². The largest absolute Gasteiger partial charge is 0.380 e. The summed E-state index contributed by atoms with van der Waals surface area (Å²) in [4.78, 5) is 12.0. The Labute approximate surface area is 114 Å². The maximum atomic E-state index is 12.0. The summed E-state index contributed by atoms with van der Waals surface area (Å²) in [5, 5.41) is 6.28. The molecule has 1 aliphatic heterocycles. The Morgan fingerprint density at radius 2 is 2.32 bits per heavy atom. The molecule has 0 aromatic heterocycles. The molecule has 4 nitrogen and oxygen atoms in total. The van der Waals surface area contributed by atoms with E-state index in [0.717, 1.165) is 37.1 Å². The molecule has 0 bridgehead atoms. The van der Waals surface area contributed by atoms with Crippen LogP contribution in [-0.4, -0.2) is 26.1 Å². The van der Waals surface area contributed by atoms with Crippen molar-refractivity contribution in [1.29, 1.82) is 0 Å². The number of benzene rings is 1. The van der Waals surface area contributed by atoms with Crippen LogP contribution in [0.2, 0.25) is 0 Å². The first kappa shape index (κ1) is 14.0. The minimum absolute atomic E-state index is 0.121. The maximum Gasteiger partial charge on any atom is 0.224 e. The molecule has 1 aromatic carbocycles. The number of carbonyl (C=O) groups is 1. The monoisotopic (exact) mass is 262 g/mol. The molecule has 1 heterocycles. The summed E-state index contributed by atoms with van der Waals surface area (Å²) < 4.78 is 5.11. The Bertz CT molecular complexity index is 414. The van der Waals surface area contributed by atoms with Gasteiger partial charge in [0.25, 0.3) is 0 Å². The molecule has 1 amide bonds. The third-order valence-electron chi connectivity index (χ3n) is 3.44. The molecule has 0 spiro atoms. The summed E-state index contributed by atoms with van der Waals surface area (Å²) >= 11 is 0. The van der Waals surface area contributed by atoms with Gasteiger partial charge in [0.05, 0.1) is 12.5 Å². The maximum absolute atomic E-state index is 12.0. The van der Waals surface area contributed by atoms with Crippen molar-refractivity contribution < 1.29 is 9.53 Å². The van der Waals surface area contributed by atoms with Crippen molar-refractivity contribution in [1.82, 2.24) is 10.6 Å². The zero-order chi connectivity index (χ0) is 13.5. The Morgan fingerprint density at radius 1 is 1.47 bits per heavy atom. The van der Waals surface area contributed by atoms with Gasteiger partial charge in [-0.3, -0.25) is 4.79 Å². The third-order valence-corrected chi connectivity index (χ3v) is 3.44. The molecule has 0 saturated carbocycles. The lowest BCUT2D eigenvalue weighted by atomic mass is 9.99. The van der Waals surface area contributed by atoms with Gasteiger partial charge in [-0.05, 0) is 30.5 Å². The third kappa shape index (κ3) is 4.33. The fourth-order valence-corrected chi connectivity index (χ4v) is 2.41. The predicted molar refractivity (Wildman–Crippen MR) is 74.6 cm³/mol. The highest BCUT2D eigenvalue weighted by molar-refractivity contribution is 5.78. The Hall–Kier alpha value is -1.39. The first-order valence-electron chi connectivity index (χ1n) is 6.85. The molecule has 1 saturated heterocycles. The van der Waals surface area contributed by atoms with E-state index in [1.165, 1.54) is 0 Å². The van der Waals surface area contributed by atoms with Gasteiger partial charge in [0.15, 0.2) is 0 Å². The summed E-state index contributed by atoms with van der Waals surface area (Å²) in [5.74, 6) is 0.278. The number of piperidine rings is 1.